The van der Waals surface area contributed by atoms with Crippen molar-refractivity contribution >= 4 is 44.1 Å². The lowest BCUT2D eigenvalue weighted by atomic mass is 10.3. The summed E-state index contributed by atoms with van der Waals surface area (Å²) in [7, 11) is -4.16. The van der Waals surface area contributed by atoms with Gasteiger partial charge in [0.25, 0.3) is 15.7 Å². The summed E-state index contributed by atoms with van der Waals surface area (Å²) in [5.41, 5.74) is 1.34. The van der Waals surface area contributed by atoms with Crippen LogP contribution in [0.5, 0.6) is 0 Å². The van der Waals surface area contributed by atoms with Gasteiger partial charge in [-0.2, -0.15) is 0 Å². The normalized spacial score (nSPS) is 11.2. The van der Waals surface area contributed by atoms with Crippen molar-refractivity contribution in [1.82, 2.24) is 15.0 Å². The van der Waals surface area contributed by atoms with Gasteiger partial charge < -0.3 is 5.32 Å². The highest BCUT2D eigenvalue weighted by atomic mass is 32.2. The molecule has 0 spiro atoms. The fourth-order valence-electron chi connectivity index (χ4n) is 2.68. The second-order valence-corrected chi connectivity index (χ2v) is 7.81. The number of fused-ring (bicyclic) bond motifs is 1. The maximum Gasteiger partial charge on any atom is 0.270 e. The molecule has 0 saturated carbocycles. The van der Waals surface area contributed by atoms with Crippen LogP contribution in [0.2, 0.25) is 0 Å². The lowest BCUT2D eigenvalue weighted by Crippen LogP contribution is -2.16. The van der Waals surface area contributed by atoms with Crippen LogP contribution >= 0.6 is 0 Å². The van der Waals surface area contributed by atoms with Crippen LogP contribution in [0.3, 0.4) is 0 Å². The molecule has 2 heterocycles. The molecule has 30 heavy (non-hydrogen) atoms. The number of hydrogen-bond donors (Lipinski definition) is 2. The van der Waals surface area contributed by atoms with Crippen molar-refractivity contribution in [1.29, 1.82) is 0 Å². The van der Waals surface area contributed by atoms with E-state index in [4.69, 9.17) is 0 Å². The fraction of sp³-hybridized carbons (Fsp3) is 0. The first-order chi connectivity index (χ1) is 14.4. The molecule has 0 aliphatic carbocycles. The van der Waals surface area contributed by atoms with Gasteiger partial charge in [-0.3, -0.25) is 19.8 Å². The summed E-state index contributed by atoms with van der Waals surface area (Å²) in [6.45, 7) is 0. The Balaban J connectivity index is 1.78. The lowest BCUT2D eigenvalue weighted by Gasteiger charge is -2.13. The van der Waals surface area contributed by atoms with Crippen molar-refractivity contribution in [3.8, 4) is 0 Å². The van der Waals surface area contributed by atoms with Gasteiger partial charge in [0.1, 0.15) is 0 Å². The number of non-ortho nitro benzene ring substituents is 1. The SMILES string of the molecule is O=[N+]([O-])c1cccc(S(=O)(=O)Nc2nc3ccccc3nc2Nc2ccncc2)c1. The van der Waals surface area contributed by atoms with E-state index < -0.39 is 14.9 Å². The van der Waals surface area contributed by atoms with Gasteiger partial charge in [-0.25, -0.2) is 18.4 Å². The van der Waals surface area contributed by atoms with Gasteiger partial charge in [-0.1, -0.05) is 18.2 Å². The lowest BCUT2D eigenvalue weighted by molar-refractivity contribution is -0.385. The van der Waals surface area contributed by atoms with E-state index >= 15 is 0 Å². The molecule has 2 aromatic heterocycles. The van der Waals surface area contributed by atoms with Gasteiger partial charge in [-0.15, -0.1) is 0 Å². The van der Waals surface area contributed by atoms with Crippen molar-refractivity contribution in [2.24, 2.45) is 0 Å². The first kappa shape index (κ1) is 19.2. The van der Waals surface area contributed by atoms with E-state index in [1.165, 1.54) is 18.2 Å². The third-order valence-corrected chi connectivity index (χ3v) is 5.42. The fourth-order valence-corrected chi connectivity index (χ4v) is 3.73. The van der Waals surface area contributed by atoms with Crippen LogP contribution < -0.4 is 10.0 Å². The highest BCUT2D eigenvalue weighted by Crippen LogP contribution is 2.27. The van der Waals surface area contributed by atoms with E-state index in [0.29, 0.717) is 16.7 Å². The quantitative estimate of drug-likeness (QED) is 0.355. The Bertz CT molecular complexity index is 1350. The Morgan fingerprint density at radius 2 is 1.53 bits per heavy atom. The number of nitro groups is 1. The number of nitrogens with zero attached hydrogens (tertiary/aromatic N) is 4. The van der Waals surface area contributed by atoms with Crippen LogP contribution in [-0.2, 0) is 10.0 Å². The van der Waals surface area contributed by atoms with Gasteiger partial charge in [-0.05, 0) is 30.3 Å². The minimum atomic E-state index is -4.16. The number of hydrogen-bond acceptors (Lipinski definition) is 8. The van der Waals surface area contributed by atoms with Gasteiger partial charge in [0.05, 0.1) is 20.9 Å². The molecule has 0 atom stereocenters. The number of nitro benzene ring substituents is 1. The Morgan fingerprint density at radius 1 is 0.867 bits per heavy atom. The number of sulfonamides is 1. The van der Waals surface area contributed by atoms with Crippen molar-refractivity contribution in [2.75, 3.05) is 10.0 Å². The summed E-state index contributed by atoms with van der Waals surface area (Å²) < 4.78 is 28.1. The zero-order valence-electron chi connectivity index (χ0n) is 15.3. The van der Waals surface area contributed by atoms with E-state index in [9.17, 15) is 18.5 Å². The molecule has 11 heteroatoms. The highest BCUT2D eigenvalue weighted by Gasteiger charge is 2.21. The molecule has 150 valence electrons. The topological polar surface area (TPSA) is 140 Å². The van der Waals surface area contributed by atoms with Gasteiger partial charge in [0, 0.05) is 30.2 Å². The largest absolute Gasteiger partial charge is 0.337 e. The van der Waals surface area contributed by atoms with Crippen LogP contribution in [0.4, 0.5) is 23.0 Å². The first-order valence-electron chi connectivity index (χ1n) is 8.63. The van der Waals surface area contributed by atoms with Gasteiger partial charge in [0.15, 0.2) is 11.6 Å². The van der Waals surface area contributed by atoms with Crippen molar-refractivity contribution in [2.45, 2.75) is 4.90 Å². The monoisotopic (exact) mass is 422 g/mol. The number of aromatic nitrogens is 3. The third-order valence-electron chi connectivity index (χ3n) is 4.08. The van der Waals surface area contributed by atoms with E-state index in [1.54, 1.807) is 48.8 Å². The molecular weight excluding hydrogens is 408 g/mol. The van der Waals surface area contributed by atoms with E-state index in [2.05, 4.69) is 25.0 Å². The van der Waals surface area contributed by atoms with Crippen LogP contribution in [0.1, 0.15) is 0 Å². The molecule has 0 bridgehead atoms. The first-order valence-corrected chi connectivity index (χ1v) is 10.1. The summed E-state index contributed by atoms with van der Waals surface area (Å²) in [6, 6.07) is 15.1. The molecule has 0 fully saturated rings. The van der Waals surface area contributed by atoms with E-state index in [0.717, 1.165) is 6.07 Å². The zero-order valence-corrected chi connectivity index (χ0v) is 16.1. The molecule has 10 nitrogen and oxygen atoms in total. The molecule has 0 aliphatic rings. The summed E-state index contributed by atoms with van der Waals surface area (Å²) in [5.74, 6) is 0.130. The van der Waals surface area contributed by atoms with Crippen molar-refractivity contribution in [3.63, 3.8) is 0 Å². The predicted octanol–water partition coefficient (Wildman–Crippen LogP) is 3.48. The molecule has 0 unspecified atom stereocenters. The Hall–Kier alpha value is -4.12. The van der Waals surface area contributed by atoms with Gasteiger partial charge >= 0.3 is 0 Å². The number of benzene rings is 2. The zero-order chi connectivity index (χ0) is 21.1. The van der Waals surface area contributed by atoms with E-state index in [1.807, 2.05) is 0 Å². The summed E-state index contributed by atoms with van der Waals surface area (Å²) in [4.78, 5) is 22.8. The summed E-state index contributed by atoms with van der Waals surface area (Å²) >= 11 is 0. The highest BCUT2D eigenvalue weighted by molar-refractivity contribution is 7.92. The Labute approximate surface area is 170 Å². The predicted molar refractivity (Wildman–Crippen MR) is 111 cm³/mol. The number of anilines is 3. The Kier molecular flexibility index (Phi) is 4.94. The Morgan fingerprint density at radius 3 is 2.20 bits per heavy atom. The molecule has 0 radical (unpaired) electrons. The molecule has 2 aromatic carbocycles. The number of nitrogens with one attached hydrogen (secondary N) is 2. The van der Waals surface area contributed by atoms with Gasteiger partial charge in [0.2, 0.25) is 0 Å². The van der Waals surface area contributed by atoms with Crippen LogP contribution in [0.25, 0.3) is 11.0 Å². The number of para-hydroxylation sites is 2. The molecule has 0 amide bonds. The number of rotatable bonds is 6. The van der Waals surface area contributed by atoms with Crippen molar-refractivity contribution in [3.05, 3.63) is 83.2 Å². The minimum Gasteiger partial charge on any atom is -0.337 e. The number of pyridine rings is 1. The summed E-state index contributed by atoms with van der Waals surface area (Å²) in [5, 5.41) is 14.0. The van der Waals surface area contributed by atoms with Crippen LogP contribution in [0, 0.1) is 10.1 Å². The molecule has 0 saturated heterocycles. The molecule has 2 N–H and O–H groups in total. The molecular formula is C19H14N6O4S. The molecule has 0 aliphatic heterocycles. The van der Waals surface area contributed by atoms with Crippen molar-refractivity contribution < 1.29 is 13.3 Å². The maximum absolute atomic E-state index is 12.9. The smallest absolute Gasteiger partial charge is 0.270 e. The summed E-state index contributed by atoms with van der Waals surface area (Å²) in [6.07, 6.45) is 3.15. The van der Waals surface area contributed by atoms with E-state index in [-0.39, 0.29) is 22.2 Å². The average molecular weight is 422 g/mol. The van der Waals surface area contributed by atoms with Crippen LogP contribution in [0.15, 0.2) is 78.0 Å². The standard InChI is InChI=1S/C19H14N6O4S/c26-25(27)14-4-3-5-15(12-14)30(28,29)24-19-18(21-13-8-10-20-11-9-13)22-16-6-1-2-7-17(16)23-19/h1-12H,(H,23,24)(H,20,21,22). The minimum absolute atomic E-state index is 0.0444. The average Bonchev–Trinajstić information content (AvgIpc) is 2.75. The maximum atomic E-state index is 12.9. The molecule has 4 rings (SSSR count). The second kappa shape index (κ2) is 7.72. The third kappa shape index (κ3) is 4.00. The second-order valence-electron chi connectivity index (χ2n) is 6.13. The molecule has 4 aromatic rings. The van der Waals surface area contributed by atoms with Crippen LogP contribution in [-0.4, -0.2) is 28.3 Å².